The van der Waals surface area contributed by atoms with Crippen LogP contribution in [-0.4, -0.2) is 22.7 Å². The summed E-state index contributed by atoms with van der Waals surface area (Å²) in [6, 6.07) is 0. The van der Waals surface area contributed by atoms with Crippen molar-refractivity contribution in [1.82, 2.24) is 0 Å². The second kappa shape index (κ2) is 12.3. The van der Waals surface area contributed by atoms with Gasteiger partial charge in [-0.15, -0.1) is 23.4 Å². The van der Waals surface area contributed by atoms with Gasteiger partial charge in [0.25, 0.3) is 0 Å². The zero-order chi connectivity index (χ0) is 16.1. The third kappa shape index (κ3) is 12.0. The van der Waals surface area contributed by atoms with Crippen LogP contribution in [-0.2, 0) is 4.79 Å². The van der Waals surface area contributed by atoms with Gasteiger partial charge in [-0.05, 0) is 23.7 Å². The fraction of sp³-hybridized carbons (Fsp3) is 0.235. The molecule has 0 saturated heterocycles. The van der Waals surface area contributed by atoms with Gasteiger partial charge < -0.3 is 5.11 Å². The molecule has 0 aliphatic heterocycles. The summed E-state index contributed by atoms with van der Waals surface area (Å²) in [4.78, 5) is 11.3. The molecule has 114 valence electrons. The van der Waals surface area contributed by atoms with Crippen LogP contribution in [0.3, 0.4) is 0 Å². The van der Waals surface area contributed by atoms with Gasteiger partial charge in [-0.25, -0.2) is 4.79 Å². The number of alkyl halides is 1. The first-order valence-electron chi connectivity index (χ1n) is 6.41. The number of thioether (sulfide) groups is 1. The van der Waals surface area contributed by atoms with E-state index in [1.807, 2.05) is 42.7 Å². The van der Waals surface area contributed by atoms with Gasteiger partial charge in [-0.2, -0.15) is 0 Å². The van der Waals surface area contributed by atoms with Crippen molar-refractivity contribution in [2.24, 2.45) is 5.92 Å². The van der Waals surface area contributed by atoms with Crippen molar-refractivity contribution in [2.75, 3.05) is 6.26 Å². The molecule has 1 aliphatic carbocycles. The summed E-state index contributed by atoms with van der Waals surface area (Å²) in [5.74, 6) is -0.867. The van der Waals surface area contributed by atoms with Gasteiger partial charge in [-0.1, -0.05) is 55.7 Å². The van der Waals surface area contributed by atoms with E-state index in [0.717, 1.165) is 17.4 Å². The minimum atomic E-state index is -0.923. The summed E-state index contributed by atoms with van der Waals surface area (Å²) >= 11 is 7.51. The van der Waals surface area contributed by atoms with Gasteiger partial charge in [0.05, 0.1) is 5.38 Å². The Labute approximate surface area is 136 Å². The van der Waals surface area contributed by atoms with E-state index in [-0.39, 0.29) is 11.3 Å². The molecule has 0 aromatic heterocycles. The Morgan fingerprint density at radius 1 is 1.38 bits per heavy atom. The fourth-order valence-electron chi connectivity index (χ4n) is 1.32. The van der Waals surface area contributed by atoms with Crippen molar-refractivity contribution in [1.29, 1.82) is 0 Å². The van der Waals surface area contributed by atoms with E-state index in [1.165, 1.54) is 0 Å². The summed E-state index contributed by atoms with van der Waals surface area (Å²) in [6.45, 7) is 7.27. The van der Waals surface area contributed by atoms with E-state index in [1.54, 1.807) is 23.9 Å². The Balaban J connectivity index is 0.000000433. The van der Waals surface area contributed by atoms with Crippen LogP contribution in [0, 0.1) is 5.92 Å². The van der Waals surface area contributed by atoms with E-state index in [0.29, 0.717) is 0 Å². The lowest BCUT2D eigenvalue weighted by Crippen LogP contribution is -1.91. The van der Waals surface area contributed by atoms with Crippen molar-refractivity contribution in [3.05, 3.63) is 72.7 Å². The van der Waals surface area contributed by atoms with Gasteiger partial charge in [0, 0.05) is 12.0 Å². The first kappa shape index (κ1) is 19.6. The Morgan fingerprint density at radius 2 is 2.10 bits per heavy atom. The second-order valence-electron chi connectivity index (χ2n) is 4.10. The van der Waals surface area contributed by atoms with Crippen LogP contribution >= 0.6 is 23.4 Å². The highest BCUT2D eigenvalue weighted by atomic mass is 35.5. The number of allylic oxidation sites excluding steroid dienone is 8. The third-order valence-corrected chi connectivity index (χ3v) is 3.39. The topological polar surface area (TPSA) is 37.3 Å². The Morgan fingerprint density at radius 3 is 2.67 bits per heavy atom. The molecule has 0 bridgehead atoms. The molecule has 0 spiro atoms. The minimum Gasteiger partial charge on any atom is -0.478 e. The monoisotopic (exact) mass is 324 g/mol. The Hall–Kier alpha value is -1.45. The SMILES string of the molecule is C=C/C=C\C(=C)SC.O=C(O)/C=C/C1C=CCC(Cl)C=C1. The van der Waals surface area contributed by atoms with Crippen molar-refractivity contribution < 1.29 is 9.90 Å². The molecule has 0 amide bonds. The zero-order valence-corrected chi connectivity index (χ0v) is 13.7. The molecule has 1 aliphatic rings. The largest absolute Gasteiger partial charge is 0.478 e. The molecular formula is C17H21ClO2S. The lowest BCUT2D eigenvalue weighted by Gasteiger charge is -1.96. The van der Waals surface area contributed by atoms with Gasteiger partial charge >= 0.3 is 5.97 Å². The van der Waals surface area contributed by atoms with Crippen LogP contribution in [0.1, 0.15) is 6.42 Å². The van der Waals surface area contributed by atoms with Gasteiger partial charge in [0.15, 0.2) is 0 Å². The van der Waals surface area contributed by atoms with Crippen LogP contribution < -0.4 is 0 Å². The molecule has 0 saturated carbocycles. The lowest BCUT2D eigenvalue weighted by atomic mass is 10.1. The Kier molecular flexibility index (Phi) is 11.5. The summed E-state index contributed by atoms with van der Waals surface area (Å²) in [5.41, 5.74) is 0. The highest BCUT2D eigenvalue weighted by Crippen LogP contribution is 2.15. The molecule has 4 heteroatoms. The maximum absolute atomic E-state index is 10.2. The third-order valence-electron chi connectivity index (χ3n) is 2.40. The molecule has 2 nitrogen and oxygen atoms in total. The number of rotatable bonds is 5. The maximum Gasteiger partial charge on any atom is 0.328 e. The first-order valence-corrected chi connectivity index (χ1v) is 8.08. The standard InChI is InChI=1S/C10H11ClO2.C7H10S/c11-9-3-1-2-8(4-6-9)5-7-10(12)13;1-4-5-6-7(2)8-3/h1-2,4-9H,3H2,(H,12,13);4-6H,1-2H2,3H3/b7-5+;6-5-. The molecule has 2 unspecified atom stereocenters. The maximum atomic E-state index is 10.2. The van der Waals surface area contributed by atoms with Crippen LogP contribution in [0.25, 0.3) is 0 Å². The average Bonchev–Trinajstić information content (AvgIpc) is 2.67. The number of carboxylic acids is 1. The van der Waals surface area contributed by atoms with Gasteiger partial charge in [0.1, 0.15) is 0 Å². The van der Waals surface area contributed by atoms with Gasteiger partial charge in [0.2, 0.25) is 0 Å². The summed E-state index contributed by atoms with van der Waals surface area (Å²) in [6.07, 6.45) is 18.8. The molecule has 1 N–H and O–H groups in total. The summed E-state index contributed by atoms with van der Waals surface area (Å²) < 4.78 is 0. The van der Waals surface area contributed by atoms with Crippen molar-refractivity contribution in [3.8, 4) is 0 Å². The predicted molar refractivity (Wildman–Crippen MR) is 94.8 cm³/mol. The predicted octanol–water partition coefficient (Wildman–Crippen LogP) is 4.97. The van der Waals surface area contributed by atoms with E-state index < -0.39 is 5.97 Å². The fourth-order valence-corrected chi connectivity index (χ4v) is 1.72. The van der Waals surface area contributed by atoms with E-state index in [9.17, 15) is 4.79 Å². The number of aliphatic carboxylic acids is 1. The van der Waals surface area contributed by atoms with Crippen molar-refractivity contribution in [2.45, 2.75) is 11.8 Å². The zero-order valence-electron chi connectivity index (χ0n) is 12.1. The molecule has 21 heavy (non-hydrogen) atoms. The van der Waals surface area contributed by atoms with E-state index in [4.69, 9.17) is 16.7 Å². The summed E-state index contributed by atoms with van der Waals surface area (Å²) in [7, 11) is 0. The van der Waals surface area contributed by atoms with Crippen molar-refractivity contribution in [3.63, 3.8) is 0 Å². The molecule has 1 rings (SSSR count). The highest BCUT2D eigenvalue weighted by molar-refractivity contribution is 8.02. The smallest absolute Gasteiger partial charge is 0.328 e. The molecule has 0 fully saturated rings. The lowest BCUT2D eigenvalue weighted by molar-refractivity contribution is -0.131. The molecule has 0 radical (unpaired) electrons. The molecule has 2 atom stereocenters. The number of hydrogen-bond donors (Lipinski definition) is 1. The van der Waals surface area contributed by atoms with Crippen LogP contribution in [0.2, 0.25) is 0 Å². The molecule has 0 aromatic carbocycles. The van der Waals surface area contributed by atoms with Crippen LogP contribution in [0.15, 0.2) is 72.7 Å². The van der Waals surface area contributed by atoms with Crippen LogP contribution in [0.5, 0.6) is 0 Å². The number of hydrogen-bond acceptors (Lipinski definition) is 2. The number of carboxylic acid groups (broad SMARTS) is 1. The summed E-state index contributed by atoms with van der Waals surface area (Å²) in [5, 5.41) is 8.43. The quantitative estimate of drug-likeness (QED) is 0.336. The normalized spacial score (nSPS) is 20.9. The second-order valence-corrected chi connectivity index (χ2v) is 5.60. The first-order chi connectivity index (χ1) is 9.99. The van der Waals surface area contributed by atoms with Crippen LogP contribution in [0.4, 0.5) is 0 Å². The minimum absolute atomic E-state index is 0.0273. The van der Waals surface area contributed by atoms with E-state index in [2.05, 4.69) is 13.2 Å². The Bertz CT molecular complexity index is 461. The van der Waals surface area contributed by atoms with Crippen molar-refractivity contribution >= 4 is 29.3 Å². The number of carbonyl (C=O) groups is 1. The van der Waals surface area contributed by atoms with E-state index >= 15 is 0 Å². The number of halogens is 1. The molecule has 0 aromatic rings. The molecule has 0 heterocycles. The van der Waals surface area contributed by atoms with Gasteiger partial charge in [-0.3, -0.25) is 0 Å². The highest BCUT2D eigenvalue weighted by Gasteiger charge is 2.03. The molecular weight excluding hydrogens is 304 g/mol. The average molecular weight is 325 g/mol.